The Bertz CT molecular complexity index is 1120. The molecule has 3 saturated heterocycles. The van der Waals surface area contributed by atoms with E-state index in [0.29, 0.717) is 17.5 Å². The summed E-state index contributed by atoms with van der Waals surface area (Å²) in [6, 6.07) is 16.2. The van der Waals surface area contributed by atoms with E-state index >= 15 is 0 Å². The molecule has 2 bridgehead atoms. The summed E-state index contributed by atoms with van der Waals surface area (Å²) in [5, 5.41) is 4.52. The minimum atomic E-state index is -0.103. The maximum absolute atomic E-state index is 13.4. The fourth-order valence-electron chi connectivity index (χ4n) is 5.47. The quantitative estimate of drug-likeness (QED) is 0.515. The summed E-state index contributed by atoms with van der Waals surface area (Å²) >= 11 is 0. The molecule has 31 heavy (non-hydrogen) atoms. The Morgan fingerprint density at radius 1 is 1.26 bits per heavy atom. The highest BCUT2D eigenvalue weighted by atomic mass is 16.2. The Morgan fingerprint density at radius 3 is 2.87 bits per heavy atom. The molecule has 5 nitrogen and oxygen atoms in total. The molecular formula is C26H29N4O+. The van der Waals surface area contributed by atoms with Crippen molar-refractivity contribution in [1.29, 1.82) is 0 Å². The number of carbonyl (C=O) groups excluding carboxylic acids is 1. The Morgan fingerprint density at radius 2 is 2.10 bits per heavy atom. The van der Waals surface area contributed by atoms with Gasteiger partial charge >= 0.3 is 5.91 Å². The number of nitrogens with one attached hydrogen (secondary N) is 1. The van der Waals surface area contributed by atoms with Crippen molar-refractivity contribution in [3.63, 3.8) is 0 Å². The van der Waals surface area contributed by atoms with Crippen molar-refractivity contribution in [2.24, 2.45) is 18.9 Å². The van der Waals surface area contributed by atoms with Gasteiger partial charge in [0.15, 0.2) is 6.20 Å². The first-order valence-corrected chi connectivity index (χ1v) is 11.1. The third-order valence-electron chi connectivity index (χ3n) is 7.13. The second-order valence-corrected chi connectivity index (χ2v) is 8.81. The van der Waals surface area contributed by atoms with E-state index < -0.39 is 0 Å². The smallest absolute Gasteiger partial charge is 0.316 e. The van der Waals surface area contributed by atoms with Crippen LogP contribution in [0.2, 0.25) is 0 Å². The summed E-state index contributed by atoms with van der Waals surface area (Å²) in [4.78, 5) is 20.5. The first-order valence-electron chi connectivity index (χ1n) is 11.1. The number of nitrogens with zero attached hydrogens (tertiary/aromatic N) is 3. The minimum absolute atomic E-state index is 0.0445. The molecule has 5 heterocycles. The molecule has 1 unspecified atom stereocenters. The van der Waals surface area contributed by atoms with Crippen LogP contribution in [0.4, 0.5) is 0 Å². The monoisotopic (exact) mass is 413 g/mol. The van der Waals surface area contributed by atoms with Gasteiger partial charge in [-0.1, -0.05) is 24.3 Å². The molecule has 5 atom stereocenters. The first-order chi connectivity index (χ1) is 15.2. The van der Waals surface area contributed by atoms with Crippen LogP contribution in [0.25, 0.3) is 10.9 Å². The number of benzene rings is 1. The van der Waals surface area contributed by atoms with E-state index in [0.717, 1.165) is 36.0 Å². The average Bonchev–Trinajstić information content (AvgIpc) is 2.82. The molecule has 1 amide bonds. The van der Waals surface area contributed by atoms with Gasteiger partial charge in [-0.25, -0.2) is 0 Å². The number of para-hydroxylation sites is 1. The average molecular weight is 414 g/mol. The van der Waals surface area contributed by atoms with Crippen LogP contribution >= 0.6 is 0 Å². The third-order valence-corrected chi connectivity index (χ3v) is 7.13. The Balaban J connectivity index is 1.55. The molecule has 2 aromatic heterocycles. The van der Waals surface area contributed by atoms with Crippen molar-refractivity contribution in [3.8, 4) is 0 Å². The topological polar surface area (TPSA) is 49.1 Å². The normalized spacial score (nSPS) is 25.8. The number of aryl methyl sites for hydroxylation is 1. The zero-order chi connectivity index (χ0) is 21.4. The minimum Gasteiger partial charge on any atom is -0.338 e. The van der Waals surface area contributed by atoms with Crippen LogP contribution in [-0.4, -0.2) is 34.9 Å². The molecule has 6 rings (SSSR count). The molecular weight excluding hydrogens is 384 g/mol. The van der Waals surface area contributed by atoms with Crippen molar-refractivity contribution in [1.82, 2.24) is 15.2 Å². The van der Waals surface area contributed by atoms with Gasteiger partial charge in [-0.3, -0.25) is 14.7 Å². The fraction of sp³-hybridized carbons (Fsp3) is 0.346. The zero-order valence-electron chi connectivity index (χ0n) is 17.9. The van der Waals surface area contributed by atoms with E-state index in [2.05, 4.69) is 40.0 Å². The van der Waals surface area contributed by atoms with Crippen molar-refractivity contribution in [2.45, 2.75) is 24.9 Å². The number of piperidine rings is 3. The molecule has 0 saturated carbocycles. The summed E-state index contributed by atoms with van der Waals surface area (Å²) < 4.78 is 1.87. The van der Waals surface area contributed by atoms with E-state index in [9.17, 15) is 4.79 Å². The predicted molar refractivity (Wildman–Crippen MR) is 121 cm³/mol. The highest BCUT2D eigenvalue weighted by Crippen LogP contribution is 2.42. The number of aromatic nitrogens is 2. The summed E-state index contributed by atoms with van der Waals surface area (Å²) in [7, 11) is 1.91. The lowest BCUT2D eigenvalue weighted by Gasteiger charge is -2.51. The van der Waals surface area contributed by atoms with E-state index in [-0.39, 0.29) is 18.0 Å². The fourth-order valence-corrected chi connectivity index (χ4v) is 5.47. The number of fused-ring (bicyclic) bond motifs is 4. The second-order valence-electron chi connectivity index (χ2n) is 8.81. The number of carbonyl (C=O) groups is 1. The van der Waals surface area contributed by atoms with Crippen LogP contribution < -0.4 is 9.88 Å². The molecule has 3 fully saturated rings. The van der Waals surface area contributed by atoms with E-state index in [4.69, 9.17) is 0 Å². The molecule has 5 heteroatoms. The van der Waals surface area contributed by atoms with Crippen LogP contribution in [0.15, 0.2) is 73.6 Å². The summed E-state index contributed by atoms with van der Waals surface area (Å²) in [6.45, 7) is 6.16. The lowest BCUT2D eigenvalue weighted by molar-refractivity contribution is -0.673. The van der Waals surface area contributed by atoms with E-state index in [1.807, 2.05) is 60.4 Å². The predicted octanol–water partition coefficient (Wildman–Crippen LogP) is 3.43. The molecule has 3 aliphatic heterocycles. The molecule has 0 radical (unpaired) electrons. The molecule has 1 aromatic carbocycles. The highest BCUT2D eigenvalue weighted by Gasteiger charge is 2.43. The van der Waals surface area contributed by atoms with Gasteiger partial charge in [-0.05, 0) is 55.0 Å². The SMILES string of the molecule is C=C[C@H]1CN2CC[C@H]1C[C@@H]2[C@@H](NC(=O)c1cccc[n+]1C)c1ccnc2ccccc12. The van der Waals surface area contributed by atoms with Crippen LogP contribution in [0.3, 0.4) is 0 Å². The molecule has 3 aliphatic rings. The van der Waals surface area contributed by atoms with Gasteiger partial charge in [0.25, 0.3) is 5.69 Å². The maximum Gasteiger partial charge on any atom is 0.316 e. The summed E-state index contributed by atoms with van der Waals surface area (Å²) in [5.74, 6) is 1.13. The first kappa shape index (κ1) is 19.9. The molecule has 0 aliphatic carbocycles. The van der Waals surface area contributed by atoms with Crippen molar-refractivity contribution < 1.29 is 9.36 Å². The molecule has 158 valence electrons. The maximum atomic E-state index is 13.4. The third kappa shape index (κ3) is 3.63. The van der Waals surface area contributed by atoms with Crippen molar-refractivity contribution in [3.05, 3.63) is 84.8 Å². The standard InChI is InChI=1S/C26H28N4O/c1-3-18-17-30-15-12-19(18)16-24(30)25(28-26(31)23-10-6-7-14-29(23)2)21-11-13-27-22-9-5-4-8-20(21)22/h3-11,13-14,18-19,24-25H,1,12,15-17H2,2H3/p+1/t18-,19-,24+,25-/m0/s1. The van der Waals surface area contributed by atoms with E-state index in [1.54, 1.807) is 0 Å². The van der Waals surface area contributed by atoms with Crippen LogP contribution in [-0.2, 0) is 7.05 Å². The molecule has 1 N–H and O–H groups in total. The Labute approximate surface area is 183 Å². The summed E-state index contributed by atoms with van der Waals surface area (Å²) in [6.07, 6.45) is 8.17. The number of hydrogen-bond acceptors (Lipinski definition) is 3. The zero-order valence-corrected chi connectivity index (χ0v) is 17.9. The van der Waals surface area contributed by atoms with Gasteiger partial charge in [-0.15, -0.1) is 6.58 Å². The van der Waals surface area contributed by atoms with Gasteiger partial charge in [0.05, 0.1) is 11.6 Å². The lowest BCUT2D eigenvalue weighted by Crippen LogP contribution is -2.57. The van der Waals surface area contributed by atoms with Gasteiger partial charge in [-0.2, -0.15) is 4.57 Å². The van der Waals surface area contributed by atoms with Crippen molar-refractivity contribution in [2.75, 3.05) is 13.1 Å². The Hall–Kier alpha value is -3.05. The number of rotatable bonds is 5. The molecule has 3 aromatic rings. The molecule has 0 spiro atoms. The van der Waals surface area contributed by atoms with Crippen LogP contribution in [0.1, 0.15) is 34.9 Å². The van der Waals surface area contributed by atoms with Crippen LogP contribution in [0.5, 0.6) is 0 Å². The van der Waals surface area contributed by atoms with Crippen LogP contribution in [0, 0.1) is 11.8 Å². The van der Waals surface area contributed by atoms with Gasteiger partial charge < -0.3 is 5.32 Å². The highest BCUT2D eigenvalue weighted by molar-refractivity contribution is 5.92. The van der Waals surface area contributed by atoms with Gasteiger partial charge in [0.2, 0.25) is 0 Å². The van der Waals surface area contributed by atoms with Crippen molar-refractivity contribution >= 4 is 16.8 Å². The second kappa shape index (κ2) is 8.23. The van der Waals surface area contributed by atoms with E-state index in [1.165, 1.54) is 6.42 Å². The summed E-state index contributed by atoms with van der Waals surface area (Å²) in [5.41, 5.74) is 2.76. The number of hydrogen-bond donors (Lipinski definition) is 1. The number of amides is 1. The Kier molecular flexibility index (Phi) is 5.28. The number of pyridine rings is 2. The largest absolute Gasteiger partial charge is 0.338 e. The van der Waals surface area contributed by atoms with Gasteiger partial charge in [0.1, 0.15) is 7.05 Å². The lowest BCUT2D eigenvalue weighted by atomic mass is 9.73. The van der Waals surface area contributed by atoms with Gasteiger partial charge in [0, 0.05) is 36.3 Å².